The minimum atomic E-state index is -0.553. The summed E-state index contributed by atoms with van der Waals surface area (Å²) in [5, 5.41) is 0.397. The average molecular weight is 195 g/mol. The first-order chi connectivity index (χ1) is 5.24. The Hall–Kier alpha value is -0.380. The van der Waals surface area contributed by atoms with Gasteiger partial charge in [-0.1, -0.05) is 11.6 Å². The molecule has 0 spiro atoms. The lowest BCUT2D eigenvalue weighted by Gasteiger charge is -1.99. The molecule has 0 radical (unpaired) electrons. The van der Waals surface area contributed by atoms with Gasteiger partial charge >= 0.3 is 0 Å². The standard InChI is InChI=1S/C6H5Cl2FN2/c7-5-1-4(2-11-8)6(9)10-3-5/h1,3,11H,2H2. The predicted molar refractivity (Wildman–Crippen MR) is 41.9 cm³/mol. The van der Waals surface area contributed by atoms with Gasteiger partial charge in [-0.15, -0.1) is 0 Å². The van der Waals surface area contributed by atoms with E-state index in [2.05, 4.69) is 9.82 Å². The highest BCUT2D eigenvalue weighted by atomic mass is 35.5. The van der Waals surface area contributed by atoms with E-state index in [1.807, 2.05) is 0 Å². The predicted octanol–water partition coefficient (Wildman–Crippen LogP) is 2.12. The number of halogens is 3. The van der Waals surface area contributed by atoms with Crippen LogP contribution in [0.2, 0.25) is 5.02 Å². The summed E-state index contributed by atoms with van der Waals surface area (Å²) in [5.41, 5.74) is 0.354. The van der Waals surface area contributed by atoms with Crippen LogP contribution in [0.15, 0.2) is 12.3 Å². The lowest BCUT2D eigenvalue weighted by molar-refractivity contribution is 0.564. The Labute approximate surface area is 73.4 Å². The number of pyridine rings is 1. The van der Waals surface area contributed by atoms with Crippen molar-refractivity contribution in [3.63, 3.8) is 0 Å². The van der Waals surface area contributed by atoms with Gasteiger partial charge in [-0.2, -0.15) is 4.39 Å². The summed E-state index contributed by atoms with van der Waals surface area (Å²) in [6.45, 7) is 0.209. The van der Waals surface area contributed by atoms with Gasteiger partial charge in [0.15, 0.2) is 0 Å². The van der Waals surface area contributed by atoms with Crippen molar-refractivity contribution in [2.75, 3.05) is 0 Å². The molecular formula is C6H5Cl2FN2. The SMILES string of the molecule is Fc1ncc(Cl)cc1CNCl. The maximum atomic E-state index is 12.7. The van der Waals surface area contributed by atoms with E-state index in [0.29, 0.717) is 10.6 Å². The van der Waals surface area contributed by atoms with Crippen molar-refractivity contribution in [1.82, 2.24) is 9.82 Å². The molecule has 0 amide bonds. The molecule has 0 atom stereocenters. The zero-order chi connectivity index (χ0) is 8.27. The maximum absolute atomic E-state index is 12.7. The smallest absolute Gasteiger partial charge is 0.217 e. The van der Waals surface area contributed by atoms with E-state index < -0.39 is 5.95 Å². The van der Waals surface area contributed by atoms with Gasteiger partial charge in [0.05, 0.1) is 5.02 Å². The molecule has 0 aliphatic carbocycles. The van der Waals surface area contributed by atoms with E-state index >= 15 is 0 Å². The minimum absolute atomic E-state index is 0.209. The van der Waals surface area contributed by atoms with Crippen molar-refractivity contribution in [1.29, 1.82) is 0 Å². The Balaban J connectivity index is 2.93. The topological polar surface area (TPSA) is 24.9 Å². The Morgan fingerprint density at radius 3 is 3.00 bits per heavy atom. The van der Waals surface area contributed by atoms with Crippen molar-refractivity contribution in [3.05, 3.63) is 28.8 Å². The molecule has 1 aromatic heterocycles. The molecule has 1 aromatic rings. The summed E-state index contributed by atoms with van der Waals surface area (Å²) in [5.74, 6) is -0.553. The first-order valence-electron chi connectivity index (χ1n) is 2.87. The zero-order valence-corrected chi connectivity index (χ0v) is 6.95. The molecule has 0 unspecified atom stereocenters. The second-order valence-electron chi connectivity index (χ2n) is 1.91. The van der Waals surface area contributed by atoms with E-state index in [1.54, 1.807) is 0 Å². The molecule has 1 rings (SSSR count). The zero-order valence-electron chi connectivity index (χ0n) is 5.44. The van der Waals surface area contributed by atoms with Crippen LogP contribution in [0.5, 0.6) is 0 Å². The quantitative estimate of drug-likeness (QED) is 0.577. The molecule has 0 aliphatic rings. The van der Waals surface area contributed by atoms with Crippen molar-refractivity contribution in [3.8, 4) is 0 Å². The molecule has 60 valence electrons. The molecule has 0 aromatic carbocycles. The Bertz CT molecular complexity index is 254. The lowest BCUT2D eigenvalue weighted by atomic mass is 10.3. The fraction of sp³-hybridized carbons (Fsp3) is 0.167. The molecule has 0 saturated carbocycles. The number of hydrogen-bond donors (Lipinski definition) is 1. The van der Waals surface area contributed by atoms with Crippen LogP contribution >= 0.6 is 23.4 Å². The van der Waals surface area contributed by atoms with E-state index in [9.17, 15) is 4.39 Å². The summed E-state index contributed by atoms with van der Waals surface area (Å²) in [6.07, 6.45) is 1.24. The summed E-state index contributed by atoms with van der Waals surface area (Å²) in [7, 11) is 0. The summed E-state index contributed by atoms with van der Waals surface area (Å²) in [6, 6.07) is 1.47. The van der Waals surface area contributed by atoms with Gasteiger partial charge < -0.3 is 0 Å². The third-order valence-corrected chi connectivity index (χ3v) is 1.48. The van der Waals surface area contributed by atoms with Gasteiger partial charge in [-0.25, -0.2) is 9.82 Å². The molecule has 0 bridgehead atoms. The Kier molecular flexibility index (Phi) is 3.05. The highest BCUT2D eigenvalue weighted by Crippen LogP contribution is 2.11. The van der Waals surface area contributed by atoms with E-state index in [1.165, 1.54) is 12.3 Å². The van der Waals surface area contributed by atoms with Gasteiger partial charge in [-0.05, 0) is 17.8 Å². The molecule has 5 heteroatoms. The Morgan fingerprint density at radius 2 is 2.36 bits per heavy atom. The number of nitrogens with one attached hydrogen (secondary N) is 1. The second kappa shape index (κ2) is 3.85. The van der Waals surface area contributed by atoms with Crippen molar-refractivity contribution in [2.24, 2.45) is 0 Å². The minimum Gasteiger partial charge on any atom is -0.229 e. The van der Waals surface area contributed by atoms with Crippen LogP contribution in [0.25, 0.3) is 0 Å². The molecule has 1 N–H and O–H groups in total. The van der Waals surface area contributed by atoms with Crippen LogP contribution in [0.1, 0.15) is 5.56 Å². The summed E-state index contributed by atoms with van der Waals surface area (Å²) >= 11 is 10.7. The van der Waals surface area contributed by atoms with E-state index in [-0.39, 0.29) is 6.54 Å². The molecule has 2 nitrogen and oxygen atoms in total. The van der Waals surface area contributed by atoms with E-state index in [4.69, 9.17) is 23.4 Å². The van der Waals surface area contributed by atoms with Crippen molar-refractivity contribution < 1.29 is 4.39 Å². The molecule has 11 heavy (non-hydrogen) atoms. The third-order valence-electron chi connectivity index (χ3n) is 1.14. The van der Waals surface area contributed by atoms with Gasteiger partial charge in [-0.3, -0.25) is 0 Å². The highest BCUT2D eigenvalue weighted by Gasteiger charge is 2.02. The van der Waals surface area contributed by atoms with E-state index in [0.717, 1.165) is 0 Å². The molecule has 1 heterocycles. The first-order valence-corrected chi connectivity index (χ1v) is 3.63. The second-order valence-corrected chi connectivity index (χ2v) is 2.62. The van der Waals surface area contributed by atoms with Crippen LogP contribution < -0.4 is 4.84 Å². The normalized spacial score (nSPS) is 10.1. The Morgan fingerprint density at radius 1 is 1.64 bits per heavy atom. The number of rotatable bonds is 2. The molecule has 0 aliphatic heterocycles. The van der Waals surface area contributed by atoms with Gasteiger partial charge in [0, 0.05) is 18.3 Å². The summed E-state index contributed by atoms with van der Waals surface area (Å²) < 4.78 is 12.7. The summed E-state index contributed by atoms with van der Waals surface area (Å²) in [4.78, 5) is 5.69. The third kappa shape index (κ3) is 2.29. The largest absolute Gasteiger partial charge is 0.229 e. The number of nitrogens with zero attached hydrogens (tertiary/aromatic N) is 1. The molecule has 0 saturated heterocycles. The fourth-order valence-corrected chi connectivity index (χ4v) is 0.985. The highest BCUT2D eigenvalue weighted by molar-refractivity contribution is 6.30. The van der Waals surface area contributed by atoms with Crippen molar-refractivity contribution in [2.45, 2.75) is 6.54 Å². The lowest BCUT2D eigenvalue weighted by Crippen LogP contribution is -2.02. The number of aromatic nitrogens is 1. The van der Waals surface area contributed by atoms with Crippen LogP contribution in [0.3, 0.4) is 0 Å². The molecular weight excluding hydrogens is 190 g/mol. The van der Waals surface area contributed by atoms with Crippen molar-refractivity contribution >= 4 is 23.4 Å². The van der Waals surface area contributed by atoms with Crippen LogP contribution in [0.4, 0.5) is 4.39 Å². The van der Waals surface area contributed by atoms with Crippen LogP contribution in [-0.2, 0) is 6.54 Å². The van der Waals surface area contributed by atoms with Gasteiger partial charge in [0.25, 0.3) is 0 Å². The van der Waals surface area contributed by atoms with Crippen LogP contribution in [0, 0.1) is 5.95 Å². The average Bonchev–Trinajstić information content (AvgIpc) is 1.98. The number of hydrogen-bond acceptors (Lipinski definition) is 2. The van der Waals surface area contributed by atoms with Gasteiger partial charge in [0.2, 0.25) is 5.95 Å². The fourth-order valence-electron chi connectivity index (χ4n) is 0.660. The van der Waals surface area contributed by atoms with Crippen LogP contribution in [-0.4, -0.2) is 4.98 Å². The monoisotopic (exact) mass is 194 g/mol. The van der Waals surface area contributed by atoms with Gasteiger partial charge in [0.1, 0.15) is 0 Å². The molecule has 0 fully saturated rings. The first kappa shape index (κ1) is 8.71. The maximum Gasteiger partial charge on any atom is 0.217 e.